The fourth-order valence-electron chi connectivity index (χ4n) is 3.10. The predicted octanol–water partition coefficient (Wildman–Crippen LogP) is 4.12. The van der Waals surface area contributed by atoms with Gasteiger partial charge in [-0.25, -0.2) is 14.3 Å². The van der Waals surface area contributed by atoms with E-state index in [1.165, 1.54) is 16.0 Å². The zero-order chi connectivity index (χ0) is 25.6. The summed E-state index contributed by atoms with van der Waals surface area (Å²) in [5.74, 6) is -0.740. The Hall–Kier alpha value is -3.73. The first-order valence-electron chi connectivity index (χ1n) is 11.1. The number of ether oxygens (including phenoxy) is 2. The number of carbonyl (C=O) groups excluding carboxylic acids is 2. The number of pyridine rings is 1. The topological polar surface area (TPSA) is 124 Å². The first kappa shape index (κ1) is 25.9. The molecule has 2 N–H and O–H groups in total. The summed E-state index contributed by atoms with van der Waals surface area (Å²) in [5.41, 5.74) is 0.713. The van der Waals surface area contributed by atoms with Gasteiger partial charge < -0.3 is 20.1 Å². The van der Waals surface area contributed by atoms with Gasteiger partial charge in [0.25, 0.3) is 5.56 Å². The van der Waals surface area contributed by atoms with Crippen LogP contribution in [0, 0.1) is 6.92 Å². The summed E-state index contributed by atoms with van der Waals surface area (Å²) in [5, 5.41) is 11.9. The molecule has 0 saturated carbocycles. The maximum Gasteiger partial charge on any atom is 0.407 e. The molecule has 3 heterocycles. The van der Waals surface area contributed by atoms with Crippen LogP contribution in [0.1, 0.15) is 43.6 Å². The van der Waals surface area contributed by atoms with Crippen molar-refractivity contribution in [2.24, 2.45) is 0 Å². The zero-order valence-electron chi connectivity index (χ0n) is 20.4. The maximum absolute atomic E-state index is 13.3. The highest BCUT2D eigenvalue weighted by Crippen LogP contribution is 2.31. The number of hydrogen-bond donors (Lipinski definition) is 2. The lowest BCUT2D eigenvalue weighted by Crippen LogP contribution is -2.34. The molecule has 0 aliphatic carbocycles. The average Bonchev–Trinajstić information content (AvgIpc) is 3.32. The third-order valence-electron chi connectivity index (χ3n) is 4.72. The van der Waals surface area contributed by atoms with E-state index < -0.39 is 23.2 Å². The number of thiophene rings is 1. The van der Waals surface area contributed by atoms with Gasteiger partial charge >= 0.3 is 12.1 Å². The molecule has 186 valence electrons. The minimum Gasteiger partial charge on any atom is -0.460 e. The fourth-order valence-corrected chi connectivity index (χ4v) is 3.81. The Labute approximate surface area is 207 Å². The summed E-state index contributed by atoms with van der Waals surface area (Å²) >= 11 is 1.39. The summed E-state index contributed by atoms with van der Waals surface area (Å²) < 4.78 is 11.9. The molecule has 11 heteroatoms. The van der Waals surface area contributed by atoms with Gasteiger partial charge in [-0.2, -0.15) is 5.10 Å². The second-order valence-corrected chi connectivity index (χ2v) is 9.52. The van der Waals surface area contributed by atoms with Gasteiger partial charge in [-0.05, 0) is 57.7 Å². The molecule has 0 saturated heterocycles. The zero-order valence-corrected chi connectivity index (χ0v) is 21.2. The quantitative estimate of drug-likeness (QED) is 0.350. The lowest BCUT2D eigenvalue weighted by atomic mass is 10.1. The summed E-state index contributed by atoms with van der Waals surface area (Å²) in [7, 11) is 0. The molecule has 3 aromatic heterocycles. The van der Waals surface area contributed by atoms with Gasteiger partial charge in [0.2, 0.25) is 0 Å². The highest BCUT2D eigenvalue weighted by atomic mass is 32.1. The van der Waals surface area contributed by atoms with Crippen LogP contribution >= 0.6 is 11.3 Å². The van der Waals surface area contributed by atoms with Crippen LogP contribution in [0.5, 0.6) is 0 Å². The number of esters is 1. The van der Waals surface area contributed by atoms with Crippen LogP contribution < -0.4 is 16.2 Å². The molecule has 0 atom stereocenters. The Morgan fingerprint density at radius 2 is 2.00 bits per heavy atom. The van der Waals surface area contributed by atoms with Crippen molar-refractivity contribution in [2.45, 2.75) is 46.8 Å². The van der Waals surface area contributed by atoms with E-state index in [4.69, 9.17) is 9.47 Å². The first-order valence-corrected chi connectivity index (χ1v) is 12.0. The van der Waals surface area contributed by atoms with Crippen LogP contribution in [0.15, 0.2) is 40.8 Å². The van der Waals surface area contributed by atoms with E-state index in [1.807, 2.05) is 24.4 Å². The van der Waals surface area contributed by atoms with Gasteiger partial charge in [0.05, 0.1) is 23.3 Å². The van der Waals surface area contributed by atoms with Crippen LogP contribution in [0.25, 0.3) is 10.6 Å². The maximum atomic E-state index is 13.3. The van der Waals surface area contributed by atoms with Gasteiger partial charge in [-0.15, -0.1) is 11.3 Å². The molecule has 0 spiro atoms. The number of rotatable bonds is 8. The standard InChI is InChI=1S/C24H29N5O5S/c1-6-29-21(30)20(27-16-14-25-10-9-15(16)2)18(19(28-29)17-8-7-13-35-17)22(31)33-12-11-26-23(32)34-24(3,4)5/h7-10,13-14,27H,6,11-12H2,1-5H3,(H,26,32). The molecule has 3 aromatic rings. The number of aromatic nitrogens is 3. The Morgan fingerprint density at radius 3 is 2.63 bits per heavy atom. The number of nitrogens with zero attached hydrogens (tertiary/aromatic N) is 3. The van der Waals surface area contributed by atoms with E-state index in [-0.39, 0.29) is 24.4 Å². The van der Waals surface area contributed by atoms with Crippen LogP contribution in [0.2, 0.25) is 0 Å². The molecule has 0 aromatic carbocycles. The second kappa shape index (κ2) is 11.1. The van der Waals surface area contributed by atoms with E-state index in [1.54, 1.807) is 46.2 Å². The normalized spacial score (nSPS) is 11.1. The van der Waals surface area contributed by atoms with Crippen molar-refractivity contribution in [3.05, 3.63) is 57.5 Å². The number of hydrogen-bond acceptors (Lipinski definition) is 9. The molecule has 3 rings (SSSR count). The van der Waals surface area contributed by atoms with Gasteiger partial charge in [0, 0.05) is 12.7 Å². The average molecular weight is 500 g/mol. The number of nitrogens with one attached hydrogen (secondary N) is 2. The molecule has 0 aliphatic rings. The van der Waals surface area contributed by atoms with Crippen molar-refractivity contribution in [2.75, 3.05) is 18.5 Å². The third-order valence-corrected chi connectivity index (χ3v) is 5.59. The summed E-state index contributed by atoms with van der Waals surface area (Å²) in [6, 6.07) is 5.45. The summed E-state index contributed by atoms with van der Waals surface area (Å²) in [6.45, 7) is 9.15. The SMILES string of the molecule is CCn1nc(-c2cccs2)c(C(=O)OCCNC(=O)OC(C)(C)C)c(Nc2cnccc2C)c1=O. The van der Waals surface area contributed by atoms with Gasteiger partial charge in [0.1, 0.15) is 29.2 Å². The van der Waals surface area contributed by atoms with Crippen LogP contribution in [0.4, 0.5) is 16.2 Å². The minimum atomic E-state index is -0.740. The highest BCUT2D eigenvalue weighted by molar-refractivity contribution is 7.13. The van der Waals surface area contributed by atoms with Crippen LogP contribution in [0.3, 0.4) is 0 Å². The summed E-state index contributed by atoms with van der Waals surface area (Å²) in [4.78, 5) is 43.2. The number of aryl methyl sites for hydroxylation is 2. The Kier molecular flexibility index (Phi) is 8.23. The molecule has 10 nitrogen and oxygen atoms in total. The third kappa shape index (κ3) is 6.66. The molecule has 1 amide bonds. The second-order valence-electron chi connectivity index (χ2n) is 8.58. The van der Waals surface area contributed by atoms with Gasteiger partial charge in [-0.3, -0.25) is 9.78 Å². The summed E-state index contributed by atoms with van der Waals surface area (Å²) in [6.07, 6.45) is 2.60. The number of anilines is 2. The van der Waals surface area contributed by atoms with Gasteiger partial charge in [-0.1, -0.05) is 6.07 Å². The fraction of sp³-hybridized carbons (Fsp3) is 0.375. The molecule has 0 fully saturated rings. The smallest absolute Gasteiger partial charge is 0.407 e. The first-order chi connectivity index (χ1) is 16.6. The van der Waals surface area contributed by atoms with Crippen molar-refractivity contribution >= 4 is 34.8 Å². The predicted molar refractivity (Wildman–Crippen MR) is 134 cm³/mol. The molecule has 0 radical (unpaired) electrons. The van der Waals surface area contributed by atoms with E-state index in [0.717, 1.165) is 5.56 Å². The molecular weight excluding hydrogens is 470 g/mol. The molecule has 0 bridgehead atoms. The highest BCUT2D eigenvalue weighted by Gasteiger charge is 2.26. The van der Waals surface area contributed by atoms with Gasteiger partial charge in [0.15, 0.2) is 0 Å². The Morgan fingerprint density at radius 1 is 1.23 bits per heavy atom. The lowest BCUT2D eigenvalue weighted by Gasteiger charge is -2.20. The van der Waals surface area contributed by atoms with E-state index in [2.05, 4.69) is 20.7 Å². The van der Waals surface area contributed by atoms with Crippen molar-refractivity contribution in [1.82, 2.24) is 20.1 Å². The lowest BCUT2D eigenvalue weighted by molar-refractivity contribution is 0.0434. The Balaban J connectivity index is 1.94. The minimum absolute atomic E-state index is 0.0164. The molecule has 35 heavy (non-hydrogen) atoms. The largest absolute Gasteiger partial charge is 0.460 e. The van der Waals surface area contributed by atoms with Crippen molar-refractivity contribution in [1.29, 1.82) is 0 Å². The number of amides is 1. The van der Waals surface area contributed by atoms with E-state index in [9.17, 15) is 14.4 Å². The van der Waals surface area contributed by atoms with Crippen molar-refractivity contribution < 1.29 is 19.1 Å². The molecular formula is C24H29N5O5S. The molecule has 0 unspecified atom stereocenters. The van der Waals surface area contributed by atoms with Crippen molar-refractivity contribution in [3.63, 3.8) is 0 Å². The monoisotopic (exact) mass is 499 g/mol. The van der Waals surface area contributed by atoms with E-state index >= 15 is 0 Å². The number of carbonyl (C=O) groups is 2. The van der Waals surface area contributed by atoms with Crippen LogP contribution in [-0.4, -0.2) is 45.6 Å². The van der Waals surface area contributed by atoms with Crippen molar-refractivity contribution in [3.8, 4) is 10.6 Å². The Bertz CT molecular complexity index is 1250. The number of alkyl carbamates (subject to hydrolysis) is 1. The molecule has 0 aliphatic heterocycles. The van der Waals surface area contributed by atoms with Crippen LogP contribution in [-0.2, 0) is 16.0 Å². The van der Waals surface area contributed by atoms with E-state index in [0.29, 0.717) is 22.8 Å².